The molecule has 0 spiro atoms. The summed E-state index contributed by atoms with van der Waals surface area (Å²) in [6.45, 7) is 1.36. The van der Waals surface area contributed by atoms with E-state index in [1.54, 1.807) is 18.6 Å². The fraction of sp³-hybridized carbons (Fsp3) is 0.105. The lowest BCUT2D eigenvalue weighted by Gasteiger charge is -2.09. The zero-order chi connectivity index (χ0) is 17.1. The molecular weight excluding hydrogens is 314 g/mol. The monoisotopic (exact) mass is 331 g/mol. The highest BCUT2D eigenvalue weighted by atomic mass is 16.1. The van der Waals surface area contributed by atoms with Gasteiger partial charge in [0.2, 0.25) is 5.95 Å². The van der Waals surface area contributed by atoms with Crippen LogP contribution in [0.1, 0.15) is 11.1 Å². The lowest BCUT2D eigenvalue weighted by atomic mass is 10.1. The molecule has 2 N–H and O–H groups in total. The highest BCUT2D eigenvalue weighted by Crippen LogP contribution is 2.11. The van der Waals surface area contributed by atoms with Crippen LogP contribution in [0.4, 0.5) is 5.95 Å². The van der Waals surface area contributed by atoms with E-state index < -0.39 is 0 Å². The fourth-order valence-corrected chi connectivity index (χ4v) is 2.78. The maximum atomic E-state index is 12.1. The quantitative estimate of drug-likeness (QED) is 0.590. The van der Waals surface area contributed by atoms with Gasteiger partial charge in [-0.25, -0.2) is 9.97 Å². The minimum atomic E-state index is -0.137. The normalized spacial score (nSPS) is 10.9. The molecule has 0 saturated carbocycles. The fourth-order valence-electron chi connectivity index (χ4n) is 2.78. The first-order chi connectivity index (χ1) is 12.3. The molecule has 4 aromatic rings. The van der Waals surface area contributed by atoms with Crippen molar-refractivity contribution in [1.29, 1.82) is 0 Å². The molecule has 124 valence electrons. The van der Waals surface area contributed by atoms with Crippen molar-refractivity contribution in [3.63, 3.8) is 0 Å². The number of aromatic nitrogens is 4. The van der Waals surface area contributed by atoms with Crippen molar-refractivity contribution in [1.82, 2.24) is 19.5 Å². The van der Waals surface area contributed by atoms with Crippen LogP contribution in [-0.2, 0) is 13.1 Å². The van der Waals surface area contributed by atoms with E-state index in [0.29, 0.717) is 23.4 Å². The van der Waals surface area contributed by atoms with Gasteiger partial charge in [0, 0.05) is 25.5 Å². The van der Waals surface area contributed by atoms with Crippen molar-refractivity contribution in [2.75, 3.05) is 5.32 Å². The van der Waals surface area contributed by atoms with Gasteiger partial charge in [-0.3, -0.25) is 9.78 Å². The van der Waals surface area contributed by atoms with Gasteiger partial charge in [-0.2, -0.15) is 0 Å². The van der Waals surface area contributed by atoms with Gasteiger partial charge in [-0.05, 0) is 23.3 Å². The second-order valence-electron chi connectivity index (χ2n) is 5.84. The molecule has 0 unspecified atom stereocenters. The number of nitrogens with zero attached hydrogens (tertiary/aromatic N) is 3. The van der Waals surface area contributed by atoms with E-state index in [4.69, 9.17) is 0 Å². The molecule has 2 aromatic carbocycles. The summed E-state index contributed by atoms with van der Waals surface area (Å²) in [5.41, 5.74) is 2.86. The second kappa shape index (κ2) is 6.60. The minimum absolute atomic E-state index is 0.137. The van der Waals surface area contributed by atoms with Gasteiger partial charge in [0.1, 0.15) is 0 Å². The Kier molecular flexibility index (Phi) is 4.00. The van der Waals surface area contributed by atoms with E-state index in [0.717, 1.165) is 12.1 Å². The number of anilines is 1. The summed E-state index contributed by atoms with van der Waals surface area (Å²) < 4.78 is 2.02. The molecule has 0 aliphatic carbocycles. The van der Waals surface area contributed by atoms with Gasteiger partial charge in [0.25, 0.3) is 5.56 Å². The van der Waals surface area contributed by atoms with Gasteiger partial charge >= 0.3 is 0 Å². The molecule has 2 heterocycles. The maximum Gasteiger partial charge on any atom is 0.260 e. The van der Waals surface area contributed by atoms with Crippen LogP contribution in [0.15, 0.2) is 72.0 Å². The molecular formula is C19H17N5O. The van der Waals surface area contributed by atoms with E-state index in [1.165, 1.54) is 5.56 Å². The number of para-hydroxylation sites is 1. The molecule has 25 heavy (non-hydrogen) atoms. The van der Waals surface area contributed by atoms with Gasteiger partial charge in [-0.15, -0.1) is 0 Å². The standard InChI is InChI=1S/C19H17N5O/c25-18-16-6-1-2-7-17(16)22-19(23-18)21-11-14-4-3-5-15(10-14)12-24-9-8-20-13-24/h1-10,13H,11-12H2,(H2,21,22,23,25). The molecule has 6 heteroatoms. The Balaban J connectivity index is 1.50. The Labute approximate surface area is 144 Å². The molecule has 0 bridgehead atoms. The first kappa shape index (κ1) is 15.1. The van der Waals surface area contributed by atoms with E-state index >= 15 is 0 Å². The average Bonchev–Trinajstić information content (AvgIpc) is 3.13. The van der Waals surface area contributed by atoms with Crippen LogP contribution in [0, 0.1) is 0 Å². The molecule has 0 aliphatic heterocycles. The molecule has 6 nitrogen and oxygen atoms in total. The Morgan fingerprint density at radius 2 is 1.96 bits per heavy atom. The van der Waals surface area contributed by atoms with Crippen LogP contribution in [0.25, 0.3) is 10.9 Å². The van der Waals surface area contributed by atoms with Crippen molar-refractivity contribution >= 4 is 16.9 Å². The number of H-pyrrole nitrogens is 1. The summed E-state index contributed by atoms with van der Waals surface area (Å²) in [7, 11) is 0. The van der Waals surface area contributed by atoms with Crippen molar-refractivity contribution in [2.24, 2.45) is 0 Å². The number of aromatic amines is 1. The molecule has 0 aliphatic rings. The van der Waals surface area contributed by atoms with Crippen molar-refractivity contribution in [2.45, 2.75) is 13.1 Å². The lowest BCUT2D eigenvalue weighted by molar-refractivity contribution is 0.795. The van der Waals surface area contributed by atoms with Crippen LogP contribution in [0.2, 0.25) is 0 Å². The summed E-state index contributed by atoms with van der Waals surface area (Å²) in [5.74, 6) is 0.476. The van der Waals surface area contributed by atoms with Gasteiger partial charge < -0.3 is 9.88 Å². The number of nitrogens with one attached hydrogen (secondary N) is 2. The summed E-state index contributed by atoms with van der Waals surface area (Å²) in [5, 5.41) is 3.79. The van der Waals surface area contributed by atoms with Gasteiger partial charge in [0.15, 0.2) is 0 Å². The highest BCUT2D eigenvalue weighted by Gasteiger charge is 2.03. The van der Waals surface area contributed by atoms with Crippen molar-refractivity contribution in [3.8, 4) is 0 Å². The van der Waals surface area contributed by atoms with Crippen LogP contribution < -0.4 is 10.9 Å². The van der Waals surface area contributed by atoms with Gasteiger partial charge in [-0.1, -0.05) is 36.4 Å². The van der Waals surface area contributed by atoms with Crippen molar-refractivity contribution in [3.05, 3.63) is 88.7 Å². The summed E-state index contributed by atoms with van der Waals surface area (Å²) in [6, 6.07) is 15.6. The molecule has 4 rings (SSSR count). The zero-order valence-electron chi connectivity index (χ0n) is 13.5. The Bertz CT molecular complexity index is 1050. The summed E-state index contributed by atoms with van der Waals surface area (Å²) in [4.78, 5) is 23.4. The predicted molar refractivity (Wildman–Crippen MR) is 97.5 cm³/mol. The molecule has 0 amide bonds. The Morgan fingerprint density at radius 1 is 1.08 bits per heavy atom. The van der Waals surface area contributed by atoms with Crippen LogP contribution in [0.3, 0.4) is 0 Å². The number of fused-ring (bicyclic) bond motifs is 1. The summed E-state index contributed by atoms with van der Waals surface area (Å²) >= 11 is 0. The number of imidazole rings is 1. The lowest BCUT2D eigenvalue weighted by Crippen LogP contribution is -2.13. The van der Waals surface area contributed by atoms with E-state index in [2.05, 4.69) is 32.4 Å². The first-order valence-corrected chi connectivity index (χ1v) is 8.04. The third-order valence-corrected chi connectivity index (χ3v) is 3.99. The third-order valence-electron chi connectivity index (χ3n) is 3.99. The summed E-state index contributed by atoms with van der Waals surface area (Å²) in [6.07, 6.45) is 5.51. The van der Waals surface area contributed by atoms with Crippen LogP contribution >= 0.6 is 0 Å². The van der Waals surface area contributed by atoms with Crippen molar-refractivity contribution < 1.29 is 0 Å². The number of hydrogen-bond acceptors (Lipinski definition) is 4. The number of benzene rings is 2. The highest BCUT2D eigenvalue weighted by molar-refractivity contribution is 5.78. The zero-order valence-corrected chi connectivity index (χ0v) is 13.5. The topological polar surface area (TPSA) is 75.6 Å². The predicted octanol–water partition coefficient (Wildman–Crippen LogP) is 2.78. The van der Waals surface area contributed by atoms with E-state index in [9.17, 15) is 4.79 Å². The smallest absolute Gasteiger partial charge is 0.260 e. The Morgan fingerprint density at radius 3 is 2.84 bits per heavy atom. The molecule has 2 aromatic heterocycles. The third kappa shape index (κ3) is 3.42. The Hall–Kier alpha value is -3.41. The minimum Gasteiger partial charge on any atom is -0.352 e. The molecule has 0 saturated heterocycles. The van der Waals surface area contributed by atoms with E-state index in [1.807, 2.05) is 41.1 Å². The second-order valence-corrected chi connectivity index (χ2v) is 5.84. The maximum absolute atomic E-state index is 12.1. The molecule has 0 atom stereocenters. The SMILES string of the molecule is O=c1[nH]c(NCc2cccc(Cn3ccnc3)c2)nc2ccccc12. The first-order valence-electron chi connectivity index (χ1n) is 8.04. The van der Waals surface area contributed by atoms with E-state index in [-0.39, 0.29) is 5.56 Å². The largest absolute Gasteiger partial charge is 0.352 e. The van der Waals surface area contributed by atoms with Gasteiger partial charge in [0.05, 0.1) is 17.2 Å². The number of rotatable bonds is 5. The average molecular weight is 331 g/mol. The molecule has 0 fully saturated rings. The number of hydrogen-bond donors (Lipinski definition) is 2. The van der Waals surface area contributed by atoms with Crippen LogP contribution in [0.5, 0.6) is 0 Å². The molecule has 0 radical (unpaired) electrons. The van der Waals surface area contributed by atoms with Crippen LogP contribution in [-0.4, -0.2) is 19.5 Å².